The molecule has 106 valence electrons. The van der Waals surface area contributed by atoms with Gasteiger partial charge in [0, 0.05) is 19.0 Å². The third-order valence-electron chi connectivity index (χ3n) is 3.51. The van der Waals surface area contributed by atoms with E-state index in [1.807, 2.05) is 6.92 Å². The first-order valence-corrected chi connectivity index (χ1v) is 7.07. The normalized spacial score (nSPS) is 14.9. The van der Waals surface area contributed by atoms with Crippen molar-refractivity contribution in [2.24, 2.45) is 0 Å². The standard InChI is InChI=1S/C14H24N4O/c1-4-5-12-16-13(15)10(2)14(17-12)19-9-8-18(3)11-6-7-11/h11H,4-9H2,1-3H3,(H2,15,16,17). The van der Waals surface area contributed by atoms with E-state index >= 15 is 0 Å². The second-order valence-corrected chi connectivity index (χ2v) is 5.27. The Morgan fingerprint density at radius 2 is 2.11 bits per heavy atom. The highest BCUT2D eigenvalue weighted by atomic mass is 16.5. The molecule has 1 aromatic heterocycles. The topological polar surface area (TPSA) is 64.3 Å². The van der Waals surface area contributed by atoms with E-state index in [9.17, 15) is 0 Å². The first-order valence-electron chi connectivity index (χ1n) is 7.07. The van der Waals surface area contributed by atoms with Gasteiger partial charge in [-0.25, -0.2) is 4.98 Å². The van der Waals surface area contributed by atoms with Gasteiger partial charge in [0.2, 0.25) is 5.88 Å². The van der Waals surface area contributed by atoms with E-state index in [4.69, 9.17) is 10.5 Å². The van der Waals surface area contributed by atoms with Crippen molar-refractivity contribution >= 4 is 5.82 Å². The van der Waals surface area contributed by atoms with Gasteiger partial charge in [0.25, 0.3) is 0 Å². The fourth-order valence-electron chi connectivity index (χ4n) is 2.02. The zero-order valence-corrected chi connectivity index (χ0v) is 12.1. The first-order chi connectivity index (χ1) is 9.11. The molecule has 1 saturated carbocycles. The number of hydrogen-bond donors (Lipinski definition) is 1. The predicted octanol–water partition coefficient (Wildman–Crippen LogP) is 1.79. The van der Waals surface area contributed by atoms with Crippen molar-refractivity contribution in [3.8, 4) is 5.88 Å². The molecule has 5 nitrogen and oxygen atoms in total. The summed E-state index contributed by atoms with van der Waals surface area (Å²) in [5, 5.41) is 0. The summed E-state index contributed by atoms with van der Waals surface area (Å²) in [7, 11) is 2.14. The lowest BCUT2D eigenvalue weighted by molar-refractivity contribution is 0.225. The summed E-state index contributed by atoms with van der Waals surface area (Å²) < 4.78 is 5.78. The van der Waals surface area contributed by atoms with Gasteiger partial charge in [-0.2, -0.15) is 4.98 Å². The quantitative estimate of drug-likeness (QED) is 0.813. The lowest BCUT2D eigenvalue weighted by atomic mass is 10.3. The van der Waals surface area contributed by atoms with Crippen molar-refractivity contribution in [2.75, 3.05) is 25.9 Å². The van der Waals surface area contributed by atoms with Gasteiger partial charge in [-0.3, -0.25) is 0 Å². The molecule has 0 spiro atoms. The van der Waals surface area contributed by atoms with Crippen molar-refractivity contribution in [2.45, 2.75) is 45.6 Å². The van der Waals surface area contributed by atoms with Crippen molar-refractivity contribution in [1.29, 1.82) is 0 Å². The van der Waals surface area contributed by atoms with E-state index in [1.165, 1.54) is 12.8 Å². The van der Waals surface area contributed by atoms with Gasteiger partial charge in [0.05, 0.1) is 5.56 Å². The molecule has 0 atom stereocenters. The molecule has 1 aliphatic carbocycles. The molecule has 2 rings (SSSR count). The van der Waals surface area contributed by atoms with E-state index < -0.39 is 0 Å². The third-order valence-corrected chi connectivity index (χ3v) is 3.51. The second kappa shape index (κ2) is 6.19. The molecule has 1 fully saturated rings. The number of nitrogen functional groups attached to an aromatic ring is 1. The molecule has 19 heavy (non-hydrogen) atoms. The molecule has 0 bridgehead atoms. The molecule has 5 heteroatoms. The first kappa shape index (κ1) is 14.1. The summed E-state index contributed by atoms with van der Waals surface area (Å²) in [6.07, 6.45) is 4.47. The Labute approximate surface area is 115 Å². The highest BCUT2D eigenvalue weighted by Crippen LogP contribution is 2.25. The van der Waals surface area contributed by atoms with Crippen LogP contribution < -0.4 is 10.5 Å². The summed E-state index contributed by atoms with van der Waals surface area (Å²) in [6, 6.07) is 0.760. The summed E-state index contributed by atoms with van der Waals surface area (Å²) in [4.78, 5) is 11.1. The maximum absolute atomic E-state index is 5.90. The molecule has 0 saturated heterocycles. The number of aryl methyl sites for hydroxylation is 1. The molecule has 0 radical (unpaired) electrons. The largest absolute Gasteiger partial charge is 0.476 e. The van der Waals surface area contributed by atoms with Crippen molar-refractivity contribution in [1.82, 2.24) is 14.9 Å². The second-order valence-electron chi connectivity index (χ2n) is 5.27. The van der Waals surface area contributed by atoms with Crippen molar-refractivity contribution < 1.29 is 4.74 Å². The Morgan fingerprint density at radius 1 is 1.37 bits per heavy atom. The van der Waals surface area contributed by atoms with Gasteiger partial charge in [-0.05, 0) is 33.2 Å². The van der Waals surface area contributed by atoms with E-state index in [2.05, 4.69) is 28.8 Å². The van der Waals surface area contributed by atoms with E-state index in [1.54, 1.807) is 0 Å². The van der Waals surface area contributed by atoms with Crippen LogP contribution in [0.3, 0.4) is 0 Å². The lowest BCUT2D eigenvalue weighted by Gasteiger charge is -2.16. The minimum Gasteiger partial charge on any atom is -0.476 e. The predicted molar refractivity (Wildman–Crippen MR) is 76.3 cm³/mol. The number of rotatable bonds is 7. The molecule has 0 amide bonds. The van der Waals surface area contributed by atoms with Crippen LogP contribution in [0.25, 0.3) is 0 Å². The Morgan fingerprint density at radius 3 is 2.74 bits per heavy atom. The molecule has 1 aliphatic rings. The van der Waals surface area contributed by atoms with E-state index in [0.717, 1.165) is 36.8 Å². The number of hydrogen-bond acceptors (Lipinski definition) is 5. The van der Waals surface area contributed by atoms with Crippen LogP contribution in [-0.4, -0.2) is 41.1 Å². The minimum atomic E-state index is 0.531. The Kier molecular flexibility index (Phi) is 4.58. The Balaban J connectivity index is 1.93. The number of likely N-dealkylation sites (N-methyl/N-ethyl adjacent to an activating group) is 1. The van der Waals surface area contributed by atoms with Crippen LogP contribution in [-0.2, 0) is 6.42 Å². The van der Waals surface area contributed by atoms with Crippen LogP contribution in [0.15, 0.2) is 0 Å². The number of aromatic nitrogens is 2. The van der Waals surface area contributed by atoms with Gasteiger partial charge >= 0.3 is 0 Å². The van der Waals surface area contributed by atoms with Gasteiger partial charge in [-0.15, -0.1) is 0 Å². The number of nitrogens with two attached hydrogens (primary N) is 1. The van der Waals surface area contributed by atoms with Crippen molar-refractivity contribution in [3.05, 3.63) is 11.4 Å². The highest BCUT2D eigenvalue weighted by molar-refractivity contribution is 5.44. The van der Waals surface area contributed by atoms with Crippen molar-refractivity contribution in [3.63, 3.8) is 0 Å². The van der Waals surface area contributed by atoms with Gasteiger partial charge in [0.1, 0.15) is 18.2 Å². The molecular formula is C14H24N4O. The number of anilines is 1. The molecular weight excluding hydrogens is 240 g/mol. The van der Waals surface area contributed by atoms with Crippen LogP contribution in [0.4, 0.5) is 5.82 Å². The molecule has 1 aromatic rings. The number of ether oxygens (including phenoxy) is 1. The highest BCUT2D eigenvalue weighted by Gasteiger charge is 2.25. The fourth-order valence-corrected chi connectivity index (χ4v) is 2.02. The van der Waals surface area contributed by atoms with Crippen LogP contribution >= 0.6 is 0 Å². The summed E-state index contributed by atoms with van der Waals surface area (Å²) in [6.45, 7) is 5.59. The monoisotopic (exact) mass is 264 g/mol. The van der Waals surface area contributed by atoms with Gasteiger partial charge in [-0.1, -0.05) is 6.92 Å². The van der Waals surface area contributed by atoms with Crippen LogP contribution in [0.5, 0.6) is 5.88 Å². The molecule has 1 heterocycles. The minimum absolute atomic E-state index is 0.531. The average Bonchev–Trinajstić information content (AvgIpc) is 3.19. The zero-order valence-electron chi connectivity index (χ0n) is 12.1. The lowest BCUT2D eigenvalue weighted by Crippen LogP contribution is -2.26. The summed E-state index contributed by atoms with van der Waals surface area (Å²) in [5.74, 6) is 1.94. The average molecular weight is 264 g/mol. The smallest absolute Gasteiger partial charge is 0.221 e. The van der Waals surface area contributed by atoms with Crippen LogP contribution in [0.2, 0.25) is 0 Å². The maximum Gasteiger partial charge on any atom is 0.221 e. The maximum atomic E-state index is 5.90. The molecule has 2 N–H and O–H groups in total. The molecule has 0 aliphatic heterocycles. The fraction of sp³-hybridized carbons (Fsp3) is 0.714. The van der Waals surface area contributed by atoms with Crippen LogP contribution in [0, 0.1) is 6.92 Å². The van der Waals surface area contributed by atoms with E-state index in [-0.39, 0.29) is 0 Å². The van der Waals surface area contributed by atoms with Gasteiger partial charge < -0.3 is 15.4 Å². The number of nitrogens with zero attached hydrogens (tertiary/aromatic N) is 3. The Hall–Kier alpha value is -1.36. The van der Waals surface area contributed by atoms with Gasteiger partial charge in [0.15, 0.2) is 0 Å². The molecule has 0 unspecified atom stereocenters. The van der Waals surface area contributed by atoms with Crippen LogP contribution in [0.1, 0.15) is 37.6 Å². The zero-order chi connectivity index (χ0) is 13.8. The molecule has 0 aromatic carbocycles. The summed E-state index contributed by atoms with van der Waals surface area (Å²) >= 11 is 0. The van der Waals surface area contributed by atoms with E-state index in [0.29, 0.717) is 18.3 Å². The Bertz CT molecular complexity index is 432. The SMILES string of the molecule is CCCc1nc(N)c(C)c(OCCN(C)C2CC2)n1. The summed E-state index contributed by atoms with van der Waals surface area (Å²) in [5.41, 5.74) is 6.74. The third kappa shape index (κ3) is 3.80.